The summed E-state index contributed by atoms with van der Waals surface area (Å²) in [5.41, 5.74) is 14.4. The first kappa shape index (κ1) is 30.6. The SMILES string of the molecule is c1ccc(-c2nc3cc4oc5ccc(-c6ccc(N(c7ccccc7)c7ccc(-c8ccccc8-c8ccccc8)cc7)cc6)cc5c4cc3o2)cc1. The number of furan rings is 1. The van der Waals surface area contributed by atoms with E-state index < -0.39 is 0 Å². The fraction of sp³-hybridized carbons (Fsp3) is 0. The summed E-state index contributed by atoms with van der Waals surface area (Å²) < 4.78 is 12.5. The number of hydrogen-bond acceptors (Lipinski definition) is 4. The van der Waals surface area contributed by atoms with Crippen LogP contribution in [-0.2, 0) is 0 Å². The molecule has 0 saturated carbocycles. The van der Waals surface area contributed by atoms with Gasteiger partial charge in [0.05, 0.1) is 0 Å². The quantitative estimate of drug-likeness (QED) is 0.168. The van der Waals surface area contributed by atoms with Crippen molar-refractivity contribution in [3.8, 4) is 44.8 Å². The molecule has 2 aromatic heterocycles. The van der Waals surface area contributed by atoms with Crippen molar-refractivity contribution < 1.29 is 8.83 Å². The van der Waals surface area contributed by atoms with Crippen molar-refractivity contribution in [1.29, 1.82) is 0 Å². The second-order valence-electron chi connectivity index (χ2n) is 13.2. The standard InChI is InChI=1S/C49H32N2O2/c1-4-12-34(13-5-1)41-18-10-11-19-42(41)35-22-27-40(28-23-35)51(38-16-8-3-9-17-38)39-25-20-33(21-26-39)37-24-29-46-43(30-37)44-31-48-45(32-47(44)52-46)50-49(53-48)36-14-6-2-7-15-36/h1-32H. The Morgan fingerprint density at radius 2 is 0.849 bits per heavy atom. The predicted molar refractivity (Wildman–Crippen MR) is 218 cm³/mol. The molecule has 0 fully saturated rings. The minimum Gasteiger partial charge on any atom is -0.456 e. The van der Waals surface area contributed by atoms with Crippen molar-refractivity contribution in [2.24, 2.45) is 0 Å². The van der Waals surface area contributed by atoms with E-state index in [4.69, 9.17) is 13.8 Å². The molecule has 53 heavy (non-hydrogen) atoms. The predicted octanol–water partition coefficient (Wildman–Crippen LogP) is 13.9. The minimum absolute atomic E-state index is 0.604. The molecule has 4 nitrogen and oxygen atoms in total. The minimum atomic E-state index is 0.604. The van der Waals surface area contributed by atoms with Gasteiger partial charge < -0.3 is 13.7 Å². The van der Waals surface area contributed by atoms with E-state index in [2.05, 4.69) is 157 Å². The van der Waals surface area contributed by atoms with E-state index in [0.29, 0.717) is 5.89 Å². The van der Waals surface area contributed by atoms with E-state index in [1.165, 1.54) is 22.3 Å². The first-order chi connectivity index (χ1) is 26.2. The number of benzene rings is 8. The molecule has 0 aliphatic rings. The summed E-state index contributed by atoms with van der Waals surface area (Å²) in [5.74, 6) is 0.604. The van der Waals surface area contributed by atoms with Crippen LogP contribution in [0, 0.1) is 0 Å². The fourth-order valence-electron chi connectivity index (χ4n) is 7.30. The van der Waals surface area contributed by atoms with E-state index in [1.54, 1.807) is 0 Å². The Bertz CT molecular complexity index is 2860. The van der Waals surface area contributed by atoms with Gasteiger partial charge in [0.15, 0.2) is 5.58 Å². The van der Waals surface area contributed by atoms with Crippen LogP contribution in [0.1, 0.15) is 0 Å². The van der Waals surface area contributed by atoms with Gasteiger partial charge in [-0.2, -0.15) is 0 Å². The van der Waals surface area contributed by atoms with E-state index in [9.17, 15) is 0 Å². The fourth-order valence-corrected chi connectivity index (χ4v) is 7.30. The molecule has 10 rings (SSSR count). The van der Waals surface area contributed by atoms with Crippen molar-refractivity contribution >= 4 is 50.1 Å². The van der Waals surface area contributed by atoms with Gasteiger partial charge in [0.1, 0.15) is 16.7 Å². The van der Waals surface area contributed by atoms with Crippen LogP contribution in [0.3, 0.4) is 0 Å². The highest BCUT2D eigenvalue weighted by molar-refractivity contribution is 6.10. The summed E-state index contributed by atoms with van der Waals surface area (Å²) in [6.07, 6.45) is 0. The van der Waals surface area contributed by atoms with Gasteiger partial charge >= 0.3 is 0 Å². The Hall–Kier alpha value is -7.17. The van der Waals surface area contributed by atoms with Crippen molar-refractivity contribution in [3.63, 3.8) is 0 Å². The molecule has 8 aromatic carbocycles. The summed E-state index contributed by atoms with van der Waals surface area (Å²) in [5, 5.41) is 2.05. The highest BCUT2D eigenvalue weighted by Crippen LogP contribution is 2.40. The molecule has 0 atom stereocenters. The Balaban J connectivity index is 0.986. The van der Waals surface area contributed by atoms with E-state index in [-0.39, 0.29) is 0 Å². The zero-order valence-electron chi connectivity index (χ0n) is 28.7. The van der Waals surface area contributed by atoms with Crippen molar-refractivity contribution in [3.05, 3.63) is 194 Å². The molecule has 0 bridgehead atoms. The second kappa shape index (κ2) is 12.9. The molecule has 0 amide bonds. The van der Waals surface area contributed by atoms with E-state index in [1.807, 2.05) is 42.5 Å². The smallest absolute Gasteiger partial charge is 0.227 e. The van der Waals surface area contributed by atoms with Gasteiger partial charge in [-0.1, -0.05) is 121 Å². The lowest BCUT2D eigenvalue weighted by molar-refractivity contribution is 0.620. The van der Waals surface area contributed by atoms with Gasteiger partial charge in [0, 0.05) is 39.5 Å². The Kier molecular flexibility index (Phi) is 7.43. The van der Waals surface area contributed by atoms with Gasteiger partial charge in [0.2, 0.25) is 5.89 Å². The summed E-state index contributed by atoms with van der Waals surface area (Å²) in [7, 11) is 0. The first-order valence-corrected chi connectivity index (χ1v) is 17.8. The van der Waals surface area contributed by atoms with Crippen LogP contribution in [0.4, 0.5) is 17.1 Å². The zero-order valence-corrected chi connectivity index (χ0v) is 28.7. The van der Waals surface area contributed by atoms with Crippen molar-refractivity contribution in [2.45, 2.75) is 0 Å². The number of fused-ring (bicyclic) bond motifs is 4. The Morgan fingerprint density at radius 1 is 0.340 bits per heavy atom. The molecule has 250 valence electrons. The largest absolute Gasteiger partial charge is 0.456 e. The third kappa shape index (κ3) is 5.63. The first-order valence-electron chi connectivity index (χ1n) is 17.8. The molecule has 4 heteroatoms. The molecule has 0 radical (unpaired) electrons. The topological polar surface area (TPSA) is 42.4 Å². The lowest BCUT2D eigenvalue weighted by atomic mass is 9.94. The molecular weight excluding hydrogens is 649 g/mol. The molecule has 0 aliphatic carbocycles. The van der Waals surface area contributed by atoms with Gasteiger partial charge in [-0.3, -0.25) is 0 Å². The molecule has 0 spiro atoms. The van der Waals surface area contributed by atoms with Crippen LogP contribution in [-0.4, -0.2) is 4.98 Å². The van der Waals surface area contributed by atoms with Crippen LogP contribution in [0.2, 0.25) is 0 Å². The monoisotopic (exact) mass is 680 g/mol. The zero-order chi connectivity index (χ0) is 35.1. The van der Waals surface area contributed by atoms with Gasteiger partial charge in [-0.25, -0.2) is 4.98 Å². The van der Waals surface area contributed by atoms with E-state index in [0.717, 1.165) is 66.8 Å². The molecule has 0 saturated heterocycles. The van der Waals surface area contributed by atoms with E-state index >= 15 is 0 Å². The number of aromatic nitrogens is 1. The summed E-state index contributed by atoms with van der Waals surface area (Å²) in [6.45, 7) is 0. The Labute approximate surface area is 306 Å². The maximum absolute atomic E-state index is 6.29. The molecule has 0 N–H and O–H groups in total. The van der Waals surface area contributed by atoms with Crippen LogP contribution in [0.15, 0.2) is 203 Å². The maximum Gasteiger partial charge on any atom is 0.227 e. The van der Waals surface area contributed by atoms with Crippen molar-refractivity contribution in [1.82, 2.24) is 4.98 Å². The van der Waals surface area contributed by atoms with Gasteiger partial charge in [-0.15, -0.1) is 0 Å². The third-order valence-corrected chi connectivity index (χ3v) is 9.92. The van der Waals surface area contributed by atoms with Gasteiger partial charge in [0.25, 0.3) is 0 Å². The van der Waals surface area contributed by atoms with Crippen LogP contribution >= 0.6 is 0 Å². The lowest BCUT2D eigenvalue weighted by Crippen LogP contribution is -2.09. The summed E-state index contributed by atoms with van der Waals surface area (Å²) in [6, 6.07) is 67.7. The average Bonchev–Trinajstić information content (AvgIpc) is 3.82. The number of oxazole rings is 1. The molecule has 10 aromatic rings. The average molecular weight is 681 g/mol. The molecular formula is C49H32N2O2. The Morgan fingerprint density at radius 3 is 1.51 bits per heavy atom. The van der Waals surface area contributed by atoms with Gasteiger partial charge in [-0.05, 0) is 100 Å². The number of anilines is 3. The molecule has 2 heterocycles. The summed E-state index contributed by atoms with van der Waals surface area (Å²) in [4.78, 5) is 7.04. The second-order valence-corrected chi connectivity index (χ2v) is 13.2. The highest BCUT2D eigenvalue weighted by atomic mass is 16.4. The van der Waals surface area contributed by atoms with Crippen LogP contribution in [0.25, 0.3) is 77.9 Å². The lowest BCUT2D eigenvalue weighted by Gasteiger charge is -2.26. The number of rotatable bonds is 7. The highest BCUT2D eigenvalue weighted by Gasteiger charge is 2.17. The number of para-hydroxylation sites is 1. The van der Waals surface area contributed by atoms with Crippen LogP contribution in [0.5, 0.6) is 0 Å². The third-order valence-electron chi connectivity index (χ3n) is 9.92. The van der Waals surface area contributed by atoms with Crippen LogP contribution < -0.4 is 4.90 Å². The van der Waals surface area contributed by atoms with Crippen molar-refractivity contribution in [2.75, 3.05) is 4.90 Å². The normalized spacial score (nSPS) is 11.4. The summed E-state index contributed by atoms with van der Waals surface area (Å²) >= 11 is 0. The number of hydrogen-bond donors (Lipinski definition) is 0. The number of nitrogens with zero attached hydrogens (tertiary/aromatic N) is 2. The molecule has 0 unspecified atom stereocenters. The molecule has 0 aliphatic heterocycles. The maximum atomic E-state index is 6.29.